The number of Topliss-reactive ketones (excluding diaryl/α,β-unsaturated/α-hetero) is 1. The van der Waals surface area contributed by atoms with Gasteiger partial charge < -0.3 is 9.84 Å². The molecule has 1 atom stereocenters. The molecular formula is C26H19ClN2O4S. The number of carbonyl (C=O) groups is 2. The SMILES string of the molecule is COc1ccccc1C1/C(=C(\O)c2ccc(Cl)cc2)C(=O)C(=O)N1c1nc2ccc(C)cc2s1. The molecule has 0 saturated carbocycles. The molecule has 6 nitrogen and oxygen atoms in total. The van der Waals surface area contributed by atoms with Crippen molar-refractivity contribution < 1.29 is 19.4 Å². The Balaban J connectivity index is 1.76. The molecule has 1 amide bonds. The van der Waals surface area contributed by atoms with Crippen molar-refractivity contribution in [2.24, 2.45) is 0 Å². The fourth-order valence-electron chi connectivity index (χ4n) is 4.10. The predicted octanol–water partition coefficient (Wildman–Crippen LogP) is 5.89. The molecule has 1 aliphatic heterocycles. The average Bonchev–Trinajstić information content (AvgIpc) is 3.36. The molecular weight excluding hydrogens is 472 g/mol. The molecule has 0 aliphatic carbocycles. The van der Waals surface area contributed by atoms with Gasteiger partial charge in [0.05, 0.1) is 22.9 Å². The highest BCUT2D eigenvalue weighted by Crippen LogP contribution is 2.46. The van der Waals surface area contributed by atoms with Gasteiger partial charge in [-0.15, -0.1) is 0 Å². The fourth-order valence-corrected chi connectivity index (χ4v) is 5.32. The molecule has 8 heteroatoms. The number of carbonyl (C=O) groups excluding carboxylic acids is 2. The molecule has 1 unspecified atom stereocenters. The monoisotopic (exact) mass is 490 g/mol. The number of hydrogen-bond donors (Lipinski definition) is 1. The fraction of sp³-hybridized carbons (Fsp3) is 0.115. The van der Waals surface area contributed by atoms with E-state index in [1.807, 2.05) is 25.1 Å². The van der Waals surface area contributed by atoms with E-state index in [9.17, 15) is 14.7 Å². The third-order valence-electron chi connectivity index (χ3n) is 5.73. The third kappa shape index (κ3) is 3.63. The number of aromatic nitrogens is 1. The maximum atomic E-state index is 13.4. The number of amides is 1. The molecule has 0 bridgehead atoms. The number of hydrogen-bond acceptors (Lipinski definition) is 6. The first kappa shape index (κ1) is 22.1. The quantitative estimate of drug-likeness (QED) is 0.219. The van der Waals surface area contributed by atoms with Gasteiger partial charge in [-0.3, -0.25) is 14.5 Å². The van der Waals surface area contributed by atoms with Crippen molar-refractivity contribution in [1.82, 2.24) is 4.98 Å². The van der Waals surface area contributed by atoms with Crippen molar-refractivity contribution in [3.8, 4) is 5.75 Å². The van der Waals surface area contributed by atoms with Crippen LogP contribution in [-0.2, 0) is 9.59 Å². The number of anilines is 1. The molecule has 34 heavy (non-hydrogen) atoms. The van der Waals surface area contributed by atoms with E-state index in [0.29, 0.717) is 27.0 Å². The van der Waals surface area contributed by atoms with Gasteiger partial charge in [0, 0.05) is 16.1 Å². The summed E-state index contributed by atoms with van der Waals surface area (Å²) in [6.07, 6.45) is 0. The van der Waals surface area contributed by atoms with Crippen LogP contribution >= 0.6 is 22.9 Å². The largest absolute Gasteiger partial charge is 0.507 e. The van der Waals surface area contributed by atoms with Gasteiger partial charge in [-0.25, -0.2) is 4.98 Å². The summed E-state index contributed by atoms with van der Waals surface area (Å²) in [6, 6.07) is 18.4. The van der Waals surface area contributed by atoms with E-state index in [4.69, 9.17) is 16.3 Å². The van der Waals surface area contributed by atoms with Gasteiger partial charge in [-0.1, -0.05) is 47.2 Å². The van der Waals surface area contributed by atoms with Crippen molar-refractivity contribution in [2.75, 3.05) is 12.0 Å². The molecule has 1 fully saturated rings. The topological polar surface area (TPSA) is 79.7 Å². The number of ether oxygens (including phenoxy) is 1. The maximum absolute atomic E-state index is 13.4. The molecule has 2 heterocycles. The first-order valence-electron chi connectivity index (χ1n) is 10.5. The maximum Gasteiger partial charge on any atom is 0.301 e. The Morgan fingerprint density at radius 1 is 1.09 bits per heavy atom. The van der Waals surface area contributed by atoms with Crippen molar-refractivity contribution in [2.45, 2.75) is 13.0 Å². The van der Waals surface area contributed by atoms with Crippen LogP contribution in [0.4, 0.5) is 5.13 Å². The lowest BCUT2D eigenvalue weighted by molar-refractivity contribution is -0.132. The lowest BCUT2D eigenvalue weighted by Gasteiger charge is -2.24. The second kappa shape index (κ2) is 8.59. The summed E-state index contributed by atoms with van der Waals surface area (Å²) in [5.41, 5.74) is 2.70. The van der Waals surface area contributed by atoms with Crippen LogP contribution in [-0.4, -0.2) is 28.9 Å². The molecule has 1 aromatic heterocycles. The molecule has 170 valence electrons. The average molecular weight is 491 g/mol. The number of aliphatic hydroxyl groups is 1. The highest BCUT2D eigenvalue weighted by molar-refractivity contribution is 7.22. The number of benzene rings is 3. The Kier molecular flexibility index (Phi) is 5.59. The lowest BCUT2D eigenvalue weighted by Crippen LogP contribution is -2.29. The molecule has 0 spiro atoms. The third-order valence-corrected chi connectivity index (χ3v) is 7.00. The highest BCUT2D eigenvalue weighted by atomic mass is 35.5. The Morgan fingerprint density at radius 2 is 1.82 bits per heavy atom. The van der Waals surface area contributed by atoms with Gasteiger partial charge in [-0.05, 0) is 55.0 Å². The van der Waals surface area contributed by atoms with Crippen LogP contribution in [0.5, 0.6) is 5.75 Å². The van der Waals surface area contributed by atoms with Crippen LogP contribution in [0.15, 0.2) is 72.3 Å². The Labute approximate surface area is 204 Å². The van der Waals surface area contributed by atoms with Gasteiger partial charge in [0.2, 0.25) is 0 Å². The van der Waals surface area contributed by atoms with Gasteiger partial charge in [-0.2, -0.15) is 0 Å². The zero-order valence-electron chi connectivity index (χ0n) is 18.3. The normalized spacial score (nSPS) is 17.5. The Bertz CT molecular complexity index is 1480. The second-order valence-electron chi connectivity index (χ2n) is 7.89. The number of aryl methyl sites for hydroxylation is 1. The summed E-state index contributed by atoms with van der Waals surface area (Å²) in [6.45, 7) is 1.98. The van der Waals surface area contributed by atoms with Gasteiger partial charge in [0.15, 0.2) is 5.13 Å². The van der Waals surface area contributed by atoms with E-state index in [0.717, 1.165) is 15.8 Å². The van der Waals surface area contributed by atoms with E-state index < -0.39 is 17.7 Å². The minimum absolute atomic E-state index is 0.0349. The van der Waals surface area contributed by atoms with E-state index in [2.05, 4.69) is 4.98 Å². The van der Waals surface area contributed by atoms with E-state index in [-0.39, 0.29) is 11.3 Å². The number of halogens is 1. The molecule has 1 N–H and O–H groups in total. The Morgan fingerprint density at radius 3 is 2.56 bits per heavy atom. The summed E-state index contributed by atoms with van der Waals surface area (Å²) >= 11 is 7.31. The predicted molar refractivity (Wildman–Crippen MR) is 134 cm³/mol. The molecule has 1 aliphatic rings. The minimum Gasteiger partial charge on any atom is -0.507 e. The molecule has 5 rings (SSSR count). The number of ketones is 1. The van der Waals surface area contributed by atoms with E-state index >= 15 is 0 Å². The summed E-state index contributed by atoms with van der Waals surface area (Å²) in [5, 5.41) is 12.1. The van der Waals surface area contributed by atoms with E-state index in [1.54, 1.807) is 48.5 Å². The number of para-hydroxylation sites is 1. The summed E-state index contributed by atoms with van der Waals surface area (Å²) < 4.78 is 6.45. The Hall–Kier alpha value is -3.68. The minimum atomic E-state index is -0.923. The lowest BCUT2D eigenvalue weighted by atomic mass is 9.95. The summed E-state index contributed by atoms with van der Waals surface area (Å²) in [7, 11) is 1.52. The van der Waals surface area contributed by atoms with Gasteiger partial charge in [0.25, 0.3) is 5.78 Å². The molecule has 0 radical (unpaired) electrons. The van der Waals surface area contributed by atoms with Crippen LogP contribution in [0.1, 0.15) is 22.7 Å². The van der Waals surface area contributed by atoms with Crippen molar-refractivity contribution in [1.29, 1.82) is 0 Å². The van der Waals surface area contributed by atoms with Crippen molar-refractivity contribution >= 4 is 55.7 Å². The smallest absolute Gasteiger partial charge is 0.301 e. The zero-order chi connectivity index (χ0) is 24.0. The van der Waals surface area contributed by atoms with Gasteiger partial charge >= 0.3 is 5.91 Å². The van der Waals surface area contributed by atoms with E-state index in [1.165, 1.54) is 23.3 Å². The standard InChI is InChI=1S/C26H19ClN2O4S/c1-14-7-12-18-20(13-14)34-26(28-18)29-22(17-5-3-4-6-19(17)33-2)21(24(31)25(29)32)23(30)15-8-10-16(27)11-9-15/h3-13,22,30H,1-2H3/b23-21+. The molecule has 3 aromatic carbocycles. The first-order valence-corrected chi connectivity index (χ1v) is 11.7. The number of methoxy groups -OCH3 is 1. The molecule has 1 saturated heterocycles. The van der Waals surface area contributed by atoms with Crippen LogP contribution in [0, 0.1) is 6.92 Å². The number of aliphatic hydroxyl groups excluding tert-OH is 1. The molecule has 4 aromatic rings. The van der Waals surface area contributed by atoms with Crippen molar-refractivity contribution in [3.05, 3.63) is 94.0 Å². The number of thiazole rings is 1. The number of nitrogens with zero attached hydrogens (tertiary/aromatic N) is 2. The van der Waals surface area contributed by atoms with Crippen LogP contribution in [0.25, 0.3) is 16.0 Å². The summed E-state index contributed by atoms with van der Waals surface area (Å²) in [4.78, 5) is 32.7. The second-order valence-corrected chi connectivity index (χ2v) is 9.33. The van der Waals surface area contributed by atoms with Crippen LogP contribution < -0.4 is 9.64 Å². The van der Waals surface area contributed by atoms with Crippen LogP contribution in [0.3, 0.4) is 0 Å². The zero-order valence-corrected chi connectivity index (χ0v) is 19.9. The van der Waals surface area contributed by atoms with Crippen molar-refractivity contribution in [3.63, 3.8) is 0 Å². The summed E-state index contributed by atoms with van der Waals surface area (Å²) in [5.74, 6) is -1.36. The highest BCUT2D eigenvalue weighted by Gasteiger charge is 2.49. The van der Waals surface area contributed by atoms with Crippen LogP contribution in [0.2, 0.25) is 5.02 Å². The number of rotatable bonds is 4. The van der Waals surface area contributed by atoms with Gasteiger partial charge in [0.1, 0.15) is 17.6 Å². The first-order chi connectivity index (χ1) is 16.4. The number of fused-ring (bicyclic) bond motifs is 1.